The van der Waals surface area contributed by atoms with Crippen LogP contribution in [0.3, 0.4) is 0 Å². The van der Waals surface area contributed by atoms with Gasteiger partial charge >= 0.3 is 6.09 Å². The molecular formula is C45H69N5O8S. The molecule has 2 aromatic carbocycles. The van der Waals surface area contributed by atoms with E-state index in [1.807, 2.05) is 68.4 Å². The molecule has 328 valence electrons. The highest BCUT2D eigenvalue weighted by atomic mass is 32.2. The Morgan fingerprint density at radius 1 is 0.983 bits per heavy atom. The Bertz CT molecular complexity index is 1810. The molecule has 1 fully saturated rings. The molecule has 0 spiro atoms. The van der Waals surface area contributed by atoms with Crippen molar-refractivity contribution in [3.05, 3.63) is 80.4 Å². The second-order valence-corrected chi connectivity index (χ2v) is 17.5. The van der Waals surface area contributed by atoms with Gasteiger partial charge in [-0.15, -0.1) is 19.7 Å². The summed E-state index contributed by atoms with van der Waals surface area (Å²) < 4.78 is 32.0. The first kappa shape index (κ1) is 52.2. The lowest BCUT2D eigenvalue weighted by Gasteiger charge is -2.31. The van der Waals surface area contributed by atoms with Crippen LogP contribution >= 0.6 is 0 Å². The first-order valence-electron chi connectivity index (χ1n) is 20.0. The van der Waals surface area contributed by atoms with Crippen molar-refractivity contribution in [2.75, 3.05) is 26.8 Å². The minimum Gasteiger partial charge on any atom is -0.497 e. The summed E-state index contributed by atoms with van der Waals surface area (Å²) in [7, 11) is -0.0606. The number of carbonyl (C=O) groups excluding carboxylic acids is 3. The second-order valence-electron chi connectivity index (χ2n) is 15.5. The van der Waals surface area contributed by atoms with E-state index in [1.165, 1.54) is 6.42 Å². The van der Waals surface area contributed by atoms with Gasteiger partial charge < -0.3 is 24.4 Å². The largest absolute Gasteiger partial charge is 0.497 e. The fraction of sp³-hybridized carbons (Fsp3) is 0.511. The van der Waals surface area contributed by atoms with E-state index in [-0.39, 0.29) is 32.0 Å². The summed E-state index contributed by atoms with van der Waals surface area (Å²) in [6.45, 7) is 30.0. The number of aromatic nitrogens is 1. The predicted molar refractivity (Wildman–Crippen MR) is 239 cm³/mol. The molecule has 0 bridgehead atoms. The van der Waals surface area contributed by atoms with Gasteiger partial charge in [0.2, 0.25) is 5.91 Å². The van der Waals surface area contributed by atoms with E-state index in [4.69, 9.17) is 24.0 Å². The molecule has 14 heteroatoms. The molecule has 1 aliphatic rings. The molecule has 59 heavy (non-hydrogen) atoms. The smallest absolute Gasteiger partial charge is 0.408 e. The Hall–Kier alpha value is -4.79. The maximum absolute atomic E-state index is 13.6. The summed E-state index contributed by atoms with van der Waals surface area (Å²) in [6.07, 6.45) is 2.17. The number of nitrogens with one attached hydrogen (secondary N) is 3. The van der Waals surface area contributed by atoms with Crippen molar-refractivity contribution < 1.29 is 37.6 Å². The number of hydrogen-bond donors (Lipinski definition) is 3. The molecule has 3 amide bonds. The number of benzene rings is 2. The molecule has 1 saturated heterocycles. The van der Waals surface area contributed by atoms with Crippen molar-refractivity contribution in [2.45, 2.75) is 123 Å². The maximum atomic E-state index is 13.6. The number of pyridine rings is 1. The van der Waals surface area contributed by atoms with Crippen LogP contribution in [0.25, 0.3) is 22.2 Å². The van der Waals surface area contributed by atoms with E-state index < -0.39 is 51.0 Å². The molecule has 3 N–H and O–H groups in total. The lowest BCUT2D eigenvalue weighted by atomic mass is 9.98. The molecule has 3 aromatic rings. The normalized spacial score (nSPS) is 16.2. The second kappa shape index (κ2) is 25.0. The van der Waals surface area contributed by atoms with Crippen molar-refractivity contribution in [1.82, 2.24) is 25.4 Å². The summed E-state index contributed by atoms with van der Waals surface area (Å²) in [4.78, 5) is 51.6. The molecule has 1 aromatic heterocycles. The summed E-state index contributed by atoms with van der Waals surface area (Å²) in [5.74, 6) is 0.334. The number of ether oxygens (including phenoxy) is 3. The van der Waals surface area contributed by atoms with E-state index in [0.717, 1.165) is 10.9 Å². The first-order chi connectivity index (χ1) is 27.8. The van der Waals surface area contributed by atoms with Gasteiger partial charge in [-0.05, 0) is 67.0 Å². The van der Waals surface area contributed by atoms with Crippen LogP contribution in [0.2, 0.25) is 0 Å². The lowest BCUT2D eigenvalue weighted by Crippen LogP contribution is -2.57. The third kappa shape index (κ3) is 16.8. The minimum absolute atomic E-state index is 0.0238. The number of rotatable bonds is 14. The number of amides is 3. The minimum atomic E-state index is -1.66. The Morgan fingerprint density at radius 3 is 2.17 bits per heavy atom. The number of alkyl carbamates (subject to hydrolysis) is 1. The summed E-state index contributed by atoms with van der Waals surface area (Å²) >= 11 is 0. The van der Waals surface area contributed by atoms with Crippen LogP contribution in [-0.4, -0.2) is 86.8 Å². The van der Waals surface area contributed by atoms with Gasteiger partial charge in [0.25, 0.3) is 5.91 Å². The standard InChI is InChI=1S/C38H51N5O8S.C3H8.C2H6.C2H4/c1-10-18-38(8,34(45)41-52(47)37(5,6)7)42-49-24-26-19-28(23-43(26)33(44)22-39-35(46)51-36(2,3)4)50-32-21-30(25-14-12-11-13-15-25)40-31-20-27(48-9)16-17-29(31)32;1-3-2;2*1-2/h10-17,20-21,26,28,42H,1,18-19,22-24H2,2-9H3,(H,39,46)(H,41,45);3H2,1-2H3;1-2H3;1-2H2/t26-,28+,38-,52?;;;/m0.../s1. The molecule has 0 saturated carbocycles. The molecular weight excluding hydrogens is 771 g/mol. The van der Waals surface area contributed by atoms with Crippen LogP contribution in [0, 0.1) is 0 Å². The highest BCUT2D eigenvalue weighted by Gasteiger charge is 2.39. The number of nitrogens with zero attached hydrogens (tertiary/aromatic N) is 2. The summed E-state index contributed by atoms with van der Waals surface area (Å²) in [6, 6.07) is 16.7. The highest BCUT2D eigenvalue weighted by molar-refractivity contribution is 7.85. The SMILES string of the molecule is C=C.C=CC[C@](C)(NOC[C@@H]1C[C@@H](Oc2cc(-c3ccccc3)nc3cc(OC)ccc23)CN1C(=O)CNC(=O)OC(C)(C)C)C(=O)NS(=O)C(C)(C)C.CC.CCC. The van der Waals surface area contributed by atoms with Crippen LogP contribution in [0.1, 0.15) is 95.4 Å². The zero-order valence-electron chi connectivity index (χ0n) is 37.4. The molecule has 0 aliphatic carbocycles. The fourth-order valence-electron chi connectivity index (χ4n) is 5.44. The van der Waals surface area contributed by atoms with Gasteiger partial charge in [0.1, 0.15) is 46.3 Å². The van der Waals surface area contributed by atoms with Gasteiger partial charge in [0.15, 0.2) is 0 Å². The number of methoxy groups -OCH3 is 1. The predicted octanol–water partition coefficient (Wildman–Crippen LogP) is 8.46. The van der Waals surface area contributed by atoms with Crippen LogP contribution in [0.4, 0.5) is 4.79 Å². The highest BCUT2D eigenvalue weighted by Crippen LogP contribution is 2.34. The summed E-state index contributed by atoms with van der Waals surface area (Å²) in [5, 5.41) is 3.31. The average molecular weight is 840 g/mol. The van der Waals surface area contributed by atoms with Gasteiger partial charge in [-0.3, -0.25) is 19.1 Å². The van der Waals surface area contributed by atoms with E-state index in [2.05, 4.69) is 49.1 Å². The van der Waals surface area contributed by atoms with Gasteiger partial charge in [-0.25, -0.2) is 14.0 Å². The lowest BCUT2D eigenvalue weighted by molar-refractivity contribution is -0.138. The Kier molecular flexibility index (Phi) is 22.1. The van der Waals surface area contributed by atoms with Crippen molar-refractivity contribution in [1.29, 1.82) is 0 Å². The van der Waals surface area contributed by atoms with Crippen molar-refractivity contribution >= 4 is 39.8 Å². The van der Waals surface area contributed by atoms with E-state index in [9.17, 15) is 18.6 Å². The summed E-state index contributed by atoms with van der Waals surface area (Å²) in [5.41, 5.74) is 3.08. The van der Waals surface area contributed by atoms with Crippen LogP contribution in [0.15, 0.2) is 80.4 Å². The number of fused-ring (bicyclic) bond motifs is 1. The monoisotopic (exact) mass is 839 g/mol. The fourth-order valence-corrected chi connectivity index (χ4v) is 6.14. The van der Waals surface area contributed by atoms with Gasteiger partial charge in [0, 0.05) is 29.5 Å². The zero-order chi connectivity index (χ0) is 45.0. The van der Waals surface area contributed by atoms with E-state index in [0.29, 0.717) is 29.1 Å². The van der Waals surface area contributed by atoms with Crippen molar-refractivity contribution in [2.24, 2.45) is 0 Å². The quantitative estimate of drug-likeness (QED) is 0.106. The number of hydroxylamine groups is 1. The van der Waals surface area contributed by atoms with E-state index in [1.54, 1.807) is 66.6 Å². The van der Waals surface area contributed by atoms with E-state index >= 15 is 0 Å². The molecule has 0 radical (unpaired) electrons. The third-order valence-corrected chi connectivity index (χ3v) is 9.67. The molecule has 2 heterocycles. The molecule has 1 unspecified atom stereocenters. The number of likely N-dealkylation sites (tertiary alicyclic amines) is 1. The topological polar surface area (TPSA) is 157 Å². The van der Waals surface area contributed by atoms with Gasteiger partial charge in [0.05, 0.1) is 42.3 Å². The third-order valence-electron chi connectivity index (χ3n) is 8.19. The van der Waals surface area contributed by atoms with Crippen molar-refractivity contribution in [3.63, 3.8) is 0 Å². The Balaban J connectivity index is 0.00000234. The van der Waals surface area contributed by atoms with Crippen molar-refractivity contribution in [3.8, 4) is 22.8 Å². The first-order valence-corrected chi connectivity index (χ1v) is 21.2. The Morgan fingerprint density at radius 2 is 1.61 bits per heavy atom. The molecule has 13 nitrogen and oxygen atoms in total. The van der Waals surface area contributed by atoms with Crippen LogP contribution < -0.4 is 25.0 Å². The molecule has 1 aliphatic heterocycles. The number of carbonyl (C=O) groups is 3. The average Bonchev–Trinajstić information content (AvgIpc) is 3.60. The molecule has 4 rings (SSSR count). The molecule has 4 atom stereocenters. The van der Waals surface area contributed by atoms with Crippen LogP contribution in [0.5, 0.6) is 11.5 Å². The zero-order valence-corrected chi connectivity index (χ0v) is 38.2. The Labute approximate surface area is 355 Å². The number of hydrogen-bond acceptors (Lipinski definition) is 10. The van der Waals surface area contributed by atoms with Crippen LogP contribution in [-0.2, 0) is 30.1 Å². The van der Waals surface area contributed by atoms with Gasteiger partial charge in [-0.2, -0.15) is 5.48 Å². The van der Waals surface area contributed by atoms with Gasteiger partial charge in [-0.1, -0.05) is 70.5 Å². The maximum Gasteiger partial charge on any atom is 0.408 e.